The molecule has 2 aromatic rings. The lowest BCUT2D eigenvalue weighted by molar-refractivity contribution is -0.126. The molecule has 1 aliphatic heterocycles. The molecule has 0 aliphatic carbocycles. The van der Waals surface area contributed by atoms with E-state index in [1.54, 1.807) is 6.07 Å². The maximum absolute atomic E-state index is 13.3. The van der Waals surface area contributed by atoms with Gasteiger partial charge in [0.05, 0.1) is 12.5 Å². The van der Waals surface area contributed by atoms with Gasteiger partial charge in [0.25, 0.3) is 0 Å². The molecule has 0 fully saturated rings. The Morgan fingerprint density at radius 2 is 2.00 bits per heavy atom. The Morgan fingerprint density at radius 3 is 2.81 bits per heavy atom. The smallest absolute Gasteiger partial charge is 0.228 e. The summed E-state index contributed by atoms with van der Waals surface area (Å²) in [6.45, 7) is 1.08. The molecule has 1 atom stereocenters. The average molecular weight is 356 g/mol. The molecule has 1 aliphatic rings. The number of hydrogen-bond acceptors (Lipinski definition) is 3. The first-order valence-electron chi connectivity index (χ1n) is 8.68. The average Bonchev–Trinajstić information content (AvgIpc) is 2.64. The second kappa shape index (κ2) is 8.47. The fourth-order valence-electron chi connectivity index (χ4n) is 2.94. The summed E-state index contributed by atoms with van der Waals surface area (Å²) < 4.78 is 18.9. The van der Waals surface area contributed by atoms with E-state index in [1.807, 2.05) is 30.3 Å². The summed E-state index contributed by atoms with van der Waals surface area (Å²) in [5.41, 5.74) is 1.02. The highest BCUT2D eigenvalue weighted by molar-refractivity contribution is 6.01. The van der Waals surface area contributed by atoms with Crippen molar-refractivity contribution in [2.24, 2.45) is 0 Å². The number of carbonyl (C=O) groups is 2. The van der Waals surface area contributed by atoms with Crippen molar-refractivity contribution in [2.75, 3.05) is 18.5 Å². The SMILES string of the molecule is O=C1C[C@@H](C(=O)NCCCCOc2ccccc2)c2ccc(F)cc2N1. The highest BCUT2D eigenvalue weighted by Crippen LogP contribution is 2.32. The molecule has 2 N–H and O–H groups in total. The molecule has 3 rings (SSSR count). The van der Waals surface area contributed by atoms with Crippen LogP contribution in [0.1, 0.15) is 30.7 Å². The Bertz CT molecular complexity index is 780. The summed E-state index contributed by atoms with van der Waals surface area (Å²) in [6, 6.07) is 13.7. The molecule has 2 amide bonds. The minimum atomic E-state index is -0.583. The molecule has 2 aromatic carbocycles. The topological polar surface area (TPSA) is 67.4 Å². The number of nitrogens with one attached hydrogen (secondary N) is 2. The maximum atomic E-state index is 13.3. The molecule has 136 valence electrons. The van der Waals surface area contributed by atoms with Gasteiger partial charge in [0.15, 0.2) is 0 Å². The van der Waals surface area contributed by atoms with Gasteiger partial charge in [-0.3, -0.25) is 9.59 Å². The van der Waals surface area contributed by atoms with E-state index in [0.29, 0.717) is 24.4 Å². The lowest BCUT2D eigenvalue weighted by Gasteiger charge is -2.24. The van der Waals surface area contributed by atoms with E-state index >= 15 is 0 Å². The predicted molar refractivity (Wildman–Crippen MR) is 96.6 cm³/mol. The molecular weight excluding hydrogens is 335 g/mol. The van der Waals surface area contributed by atoms with Crippen molar-refractivity contribution >= 4 is 17.5 Å². The highest BCUT2D eigenvalue weighted by atomic mass is 19.1. The van der Waals surface area contributed by atoms with Crippen LogP contribution in [0.4, 0.5) is 10.1 Å². The minimum absolute atomic E-state index is 0.0710. The van der Waals surface area contributed by atoms with Crippen LogP contribution in [-0.4, -0.2) is 25.0 Å². The number of rotatable bonds is 7. The first-order chi connectivity index (χ1) is 12.6. The van der Waals surface area contributed by atoms with E-state index in [-0.39, 0.29) is 18.2 Å². The summed E-state index contributed by atoms with van der Waals surface area (Å²) in [6.07, 6.45) is 1.65. The van der Waals surface area contributed by atoms with E-state index in [1.165, 1.54) is 12.1 Å². The van der Waals surface area contributed by atoms with E-state index in [4.69, 9.17) is 4.74 Å². The van der Waals surface area contributed by atoms with Gasteiger partial charge in [-0.1, -0.05) is 24.3 Å². The number of anilines is 1. The zero-order valence-electron chi connectivity index (χ0n) is 14.3. The number of unbranched alkanes of at least 4 members (excludes halogenated alkanes) is 1. The molecule has 0 aromatic heterocycles. The Morgan fingerprint density at radius 1 is 1.19 bits per heavy atom. The molecule has 0 spiro atoms. The van der Waals surface area contributed by atoms with Gasteiger partial charge in [-0.05, 0) is 42.7 Å². The molecule has 0 unspecified atom stereocenters. The number of ether oxygens (including phenoxy) is 1. The Balaban J connectivity index is 1.44. The van der Waals surface area contributed by atoms with Crippen molar-refractivity contribution in [3.63, 3.8) is 0 Å². The van der Waals surface area contributed by atoms with Gasteiger partial charge in [0, 0.05) is 18.7 Å². The zero-order chi connectivity index (χ0) is 18.4. The van der Waals surface area contributed by atoms with E-state index in [0.717, 1.165) is 18.6 Å². The van der Waals surface area contributed by atoms with Crippen LogP contribution in [0.25, 0.3) is 0 Å². The van der Waals surface area contributed by atoms with Crippen LogP contribution in [0.5, 0.6) is 5.75 Å². The minimum Gasteiger partial charge on any atom is -0.494 e. The highest BCUT2D eigenvalue weighted by Gasteiger charge is 2.30. The number of hydrogen-bond donors (Lipinski definition) is 2. The van der Waals surface area contributed by atoms with Crippen molar-refractivity contribution in [2.45, 2.75) is 25.2 Å². The summed E-state index contributed by atoms with van der Waals surface area (Å²) in [4.78, 5) is 24.2. The molecule has 26 heavy (non-hydrogen) atoms. The van der Waals surface area contributed by atoms with E-state index < -0.39 is 11.7 Å². The third kappa shape index (κ3) is 4.59. The van der Waals surface area contributed by atoms with Gasteiger partial charge in [0.1, 0.15) is 11.6 Å². The second-order valence-electron chi connectivity index (χ2n) is 6.20. The number of halogens is 1. The van der Waals surface area contributed by atoms with Gasteiger partial charge in [-0.2, -0.15) is 0 Å². The van der Waals surface area contributed by atoms with Crippen molar-refractivity contribution in [3.05, 3.63) is 59.9 Å². The zero-order valence-corrected chi connectivity index (χ0v) is 14.3. The van der Waals surface area contributed by atoms with Crippen LogP contribution in [0.2, 0.25) is 0 Å². The standard InChI is InChI=1S/C20H21FN2O3/c21-14-8-9-16-17(13-19(24)23-18(16)12-14)20(25)22-10-4-5-11-26-15-6-2-1-3-7-15/h1-3,6-9,12,17H,4-5,10-11,13H2,(H,22,25)(H,23,24)/t17-/m1/s1. The van der Waals surface area contributed by atoms with Crippen LogP contribution in [0, 0.1) is 5.82 Å². The number of fused-ring (bicyclic) bond motifs is 1. The maximum Gasteiger partial charge on any atom is 0.228 e. The van der Waals surface area contributed by atoms with Gasteiger partial charge < -0.3 is 15.4 Å². The molecule has 0 radical (unpaired) electrons. The van der Waals surface area contributed by atoms with Crippen LogP contribution < -0.4 is 15.4 Å². The van der Waals surface area contributed by atoms with Gasteiger partial charge >= 0.3 is 0 Å². The van der Waals surface area contributed by atoms with Crippen LogP contribution >= 0.6 is 0 Å². The largest absolute Gasteiger partial charge is 0.494 e. The number of carbonyl (C=O) groups excluding carboxylic acids is 2. The lowest BCUT2D eigenvalue weighted by atomic mass is 9.89. The number of amides is 2. The van der Waals surface area contributed by atoms with Crippen LogP contribution in [0.3, 0.4) is 0 Å². The van der Waals surface area contributed by atoms with Gasteiger partial charge in [-0.25, -0.2) is 4.39 Å². The lowest BCUT2D eigenvalue weighted by Crippen LogP contribution is -2.35. The first-order valence-corrected chi connectivity index (χ1v) is 8.68. The van der Waals surface area contributed by atoms with Crippen molar-refractivity contribution < 1.29 is 18.7 Å². The molecule has 6 heteroatoms. The summed E-state index contributed by atoms with van der Waals surface area (Å²) >= 11 is 0. The van der Waals surface area contributed by atoms with Gasteiger partial charge in [0.2, 0.25) is 11.8 Å². The monoisotopic (exact) mass is 356 g/mol. The molecule has 0 saturated carbocycles. The number of para-hydroxylation sites is 1. The normalized spacial score (nSPS) is 15.7. The number of benzene rings is 2. The van der Waals surface area contributed by atoms with Crippen LogP contribution in [-0.2, 0) is 9.59 Å². The Labute approximate surface area is 151 Å². The first kappa shape index (κ1) is 17.9. The summed E-state index contributed by atoms with van der Waals surface area (Å²) in [5, 5.41) is 5.47. The Hall–Kier alpha value is -2.89. The summed E-state index contributed by atoms with van der Waals surface area (Å²) in [7, 11) is 0. The van der Waals surface area contributed by atoms with Crippen molar-refractivity contribution in [1.29, 1.82) is 0 Å². The Kier molecular flexibility index (Phi) is 5.84. The predicted octanol–water partition coefficient (Wildman–Crippen LogP) is 3.23. The molecule has 0 saturated heterocycles. The summed E-state index contributed by atoms with van der Waals surface area (Å²) in [5.74, 6) is -0.687. The van der Waals surface area contributed by atoms with Crippen molar-refractivity contribution in [1.82, 2.24) is 5.32 Å². The molecule has 5 nitrogen and oxygen atoms in total. The second-order valence-corrected chi connectivity index (χ2v) is 6.20. The van der Waals surface area contributed by atoms with Crippen LogP contribution in [0.15, 0.2) is 48.5 Å². The van der Waals surface area contributed by atoms with E-state index in [2.05, 4.69) is 10.6 Å². The third-order valence-corrected chi connectivity index (χ3v) is 4.25. The van der Waals surface area contributed by atoms with Crippen molar-refractivity contribution in [3.8, 4) is 5.75 Å². The van der Waals surface area contributed by atoms with Gasteiger partial charge in [-0.15, -0.1) is 0 Å². The fraction of sp³-hybridized carbons (Fsp3) is 0.300. The quantitative estimate of drug-likeness (QED) is 0.749. The third-order valence-electron chi connectivity index (χ3n) is 4.25. The van der Waals surface area contributed by atoms with E-state index in [9.17, 15) is 14.0 Å². The molecule has 1 heterocycles. The molecular formula is C20H21FN2O3. The fourth-order valence-corrected chi connectivity index (χ4v) is 2.94. The molecule has 0 bridgehead atoms.